The molecule has 4 heterocycles. The highest BCUT2D eigenvalue weighted by Gasteiger charge is 2.22. The molecule has 11 rings (SSSR count). The minimum Gasteiger partial charge on any atom is -0.316 e. The molecule has 7 aromatic carbocycles. The summed E-state index contributed by atoms with van der Waals surface area (Å²) in [5.41, 5.74) is 11.6. The van der Waals surface area contributed by atoms with Gasteiger partial charge in [-0.15, -0.1) is 0 Å². The summed E-state index contributed by atoms with van der Waals surface area (Å²) in [6.07, 6.45) is 4.27. The smallest absolute Gasteiger partial charge is 0.235 e. The first-order chi connectivity index (χ1) is 26.3. The molecule has 5 nitrogen and oxygen atoms in total. The highest BCUT2D eigenvalue weighted by Crippen LogP contribution is 2.39. The van der Waals surface area contributed by atoms with Crippen molar-refractivity contribution in [3.05, 3.63) is 188 Å². The standard InChI is InChI=1S/C48H31N5/c1-3-17-35(18-4-1)51-29-27-41-43(51)26-25-40-39-22-9-10-24-44(39)53(46(40)41)48-49-42-28-30-52(36-19-5-2-6-20-36)47(42)45(50-48)34-16-11-15-33(31-34)38-23-12-14-32-13-7-8-21-37(32)38/h1-31H. The van der Waals surface area contributed by atoms with Crippen molar-refractivity contribution in [1.29, 1.82) is 0 Å². The zero-order valence-corrected chi connectivity index (χ0v) is 28.6. The number of fused-ring (bicyclic) bond motifs is 7. The molecule has 0 aliphatic heterocycles. The van der Waals surface area contributed by atoms with Crippen molar-refractivity contribution < 1.29 is 0 Å². The summed E-state index contributed by atoms with van der Waals surface area (Å²) in [7, 11) is 0. The molecule has 4 aromatic heterocycles. The summed E-state index contributed by atoms with van der Waals surface area (Å²) >= 11 is 0. The van der Waals surface area contributed by atoms with Crippen molar-refractivity contribution in [1.82, 2.24) is 23.7 Å². The molecule has 0 saturated heterocycles. The Morgan fingerprint density at radius 2 is 1.08 bits per heavy atom. The summed E-state index contributed by atoms with van der Waals surface area (Å²) in [5.74, 6) is 0.639. The van der Waals surface area contributed by atoms with Crippen LogP contribution in [-0.4, -0.2) is 23.7 Å². The molecule has 0 amide bonds. The third-order valence-corrected chi connectivity index (χ3v) is 10.5. The van der Waals surface area contributed by atoms with E-state index in [1.54, 1.807) is 0 Å². The lowest BCUT2D eigenvalue weighted by atomic mass is 9.96. The Balaban J connectivity index is 1.21. The van der Waals surface area contributed by atoms with Crippen LogP contribution in [0.2, 0.25) is 0 Å². The van der Waals surface area contributed by atoms with Crippen LogP contribution in [0.4, 0.5) is 0 Å². The Hall–Kier alpha value is -7.24. The molecular formula is C48H31N5. The van der Waals surface area contributed by atoms with E-state index in [1.807, 2.05) is 6.07 Å². The maximum Gasteiger partial charge on any atom is 0.235 e. The molecule has 0 saturated carbocycles. The number of hydrogen-bond donors (Lipinski definition) is 0. The van der Waals surface area contributed by atoms with Gasteiger partial charge < -0.3 is 9.13 Å². The van der Waals surface area contributed by atoms with E-state index in [0.717, 1.165) is 61.2 Å². The van der Waals surface area contributed by atoms with Gasteiger partial charge in [-0.25, -0.2) is 9.97 Å². The van der Waals surface area contributed by atoms with E-state index in [-0.39, 0.29) is 0 Å². The monoisotopic (exact) mass is 677 g/mol. The lowest BCUT2D eigenvalue weighted by Crippen LogP contribution is -2.05. The Bertz CT molecular complexity index is 3160. The van der Waals surface area contributed by atoms with Gasteiger partial charge in [0.2, 0.25) is 5.95 Å². The molecule has 0 spiro atoms. The van der Waals surface area contributed by atoms with Crippen LogP contribution in [-0.2, 0) is 0 Å². The average Bonchev–Trinajstić information content (AvgIpc) is 3.95. The Labute approximate surface area is 305 Å². The molecule has 0 unspecified atom stereocenters. The van der Waals surface area contributed by atoms with Crippen molar-refractivity contribution in [2.45, 2.75) is 0 Å². The van der Waals surface area contributed by atoms with E-state index >= 15 is 0 Å². The molecule has 0 aliphatic rings. The molecule has 11 aromatic rings. The molecule has 53 heavy (non-hydrogen) atoms. The summed E-state index contributed by atoms with van der Waals surface area (Å²) in [4.78, 5) is 10.9. The zero-order valence-electron chi connectivity index (χ0n) is 28.6. The third kappa shape index (κ3) is 4.57. The SMILES string of the molecule is c1ccc(-n2ccc3c2ccc2c4ccccc4n(-c4nc(-c5cccc(-c6cccc7ccccc67)c5)c5c(ccn5-c5ccccc5)n4)c23)cc1. The number of nitrogens with zero attached hydrogens (tertiary/aromatic N) is 5. The van der Waals surface area contributed by atoms with E-state index in [4.69, 9.17) is 9.97 Å². The van der Waals surface area contributed by atoms with Crippen LogP contribution in [0.15, 0.2) is 188 Å². The van der Waals surface area contributed by atoms with Gasteiger partial charge in [-0.05, 0) is 76.5 Å². The number of aromatic nitrogens is 5. The van der Waals surface area contributed by atoms with Gasteiger partial charge in [-0.3, -0.25) is 4.57 Å². The summed E-state index contributed by atoms with van der Waals surface area (Å²) in [6.45, 7) is 0. The highest BCUT2D eigenvalue weighted by atomic mass is 15.2. The topological polar surface area (TPSA) is 40.6 Å². The van der Waals surface area contributed by atoms with Crippen molar-refractivity contribution in [3.8, 4) is 39.7 Å². The molecule has 0 aliphatic carbocycles. The first-order valence-electron chi connectivity index (χ1n) is 17.9. The van der Waals surface area contributed by atoms with Crippen molar-refractivity contribution in [2.75, 3.05) is 0 Å². The predicted molar refractivity (Wildman–Crippen MR) is 218 cm³/mol. The van der Waals surface area contributed by atoms with E-state index in [1.165, 1.54) is 27.1 Å². The molecule has 0 radical (unpaired) electrons. The van der Waals surface area contributed by atoms with Crippen LogP contribution >= 0.6 is 0 Å². The Morgan fingerprint density at radius 3 is 1.92 bits per heavy atom. The quantitative estimate of drug-likeness (QED) is 0.182. The fourth-order valence-corrected chi connectivity index (χ4v) is 8.15. The van der Waals surface area contributed by atoms with Gasteiger partial charge in [-0.1, -0.05) is 121 Å². The predicted octanol–water partition coefficient (Wildman–Crippen LogP) is 11.9. The maximum absolute atomic E-state index is 5.57. The van der Waals surface area contributed by atoms with Gasteiger partial charge in [-0.2, -0.15) is 0 Å². The Kier molecular flexibility index (Phi) is 6.48. The normalized spacial score (nSPS) is 11.8. The van der Waals surface area contributed by atoms with Gasteiger partial charge in [0.25, 0.3) is 0 Å². The molecular weight excluding hydrogens is 647 g/mol. The second-order valence-electron chi connectivity index (χ2n) is 13.5. The second-order valence-corrected chi connectivity index (χ2v) is 13.5. The van der Waals surface area contributed by atoms with E-state index < -0.39 is 0 Å². The second kappa shape index (κ2) is 11.7. The number of rotatable bonds is 5. The summed E-state index contributed by atoms with van der Waals surface area (Å²) in [5, 5.41) is 5.93. The van der Waals surface area contributed by atoms with Gasteiger partial charge in [0.1, 0.15) is 5.69 Å². The number of benzene rings is 7. The summed E-state index contributed by atoms with van der Waals surface area (Å²) in [6, 6.07) is 62.3. The minimum atomic E-state index is 0.639. The first kappa shape index (κ1) is 29.5. The average molecular weight is 678 g/mol. The van der Waals surface area contributed by atoms with Gasteiger partial charge in [0.15, 0.2) is 0 Å². The number of hydrogen-bond acceptors (Lipinski definition) is 2. The fourth-order valence-electron chi connectivity index (χ4n) is 8.15. The minimum absolute atomic E-state index is 0.639. The Morgan fingerprint density at radius 1 is 0.396 bits per heavy atom. The van der Waals surface area contributed by atoms with Gasteiger partial charge in [0, 0.05) is 45.5 Å². The van der Waals surface area contributed by atoms with Crippen LogP contribution in [0.25, 0.3) is 94.2 Å². The fraction of sp³-hybridized carbons (Fsp3) is 0. The van der Waals surface area contributed by atoms with Crippen LogP contribution in [0.5, 0.6) is 0 Å². The van der Waals surface area contributed by atoms with E-state index in [2.05, 4.69) is 196 Å². The summed E-state index contributed by atoms with van der Waals surface area (Å²) < 4.78 is 6.73. The van der Waals surface area contributed by atoms with E-state index in [0.29, 0.717) is 5.95 Å². The van der Waals surface area contributed by atoms with E-state index in [9.17, 15) is 0 Å². The first-order valence-corrected chi connectivity index (χ1v) is 17.9. The molecule has 0 N–H and O–H groups in total. The van der Waals surface area contributed by atoms with Gasteiger partial charge >= 0.3 is 0 Å². The van der Waals surface area contributed by atoms with Crippen LogP contribution in [0.3, 0.4) is 0 Å². The van der Waals surface area contributed by atoms with Crippen LogP contribution < -0.4 is 0 Å². The van der Waals surface area contributed by atoms with Crippen LogP contribution in [0, 0.1) is 0 Å². The van der Waals surface area contributed by atoms with Crippen molar-refractivity contribution >= 4 is 54.5 Å². The third-order valence-electron chi connectivity index (χ3n) is 10.5. The van der Waals surface area contributed by atoms with Crippen LogP contribution in [0.1, 0.15) is 0 Å². The lowest BCUT2D eigenvalue weighted by molar-refractivity contribution is 1.01. The zero-order chi connectivity index (χ0) is 34.9. The molecule has 0 bridgehead atoms. The maximum atomic E-state index is 5.57. The molecule has 0 fully saturated rings. The largest absolute Gasteiger partial charge is 0.316 e. The van der Waals surface area contributed by atoms with Gasteiger partial charge in [0.05, 0.1) is 27.6 Å². The lowest BCUT2D eigenvalue weighted by Gasteiger charge is -2.14. The van der Waals surface area contributed by atoms with Crippen molar-refractivity contribution in [2.24, 2.45) is 0 Å². The number of para-hydroxylation sites is 3. The molecule has 5 heteroatoms. The highest BCUT2D eigenvalue weighted by molar-refractivity contribution is 6.18. The van der Waals surface area contributed by atoms with Crippen molar-refractivity contribution in [3.63, 3.8) is 0 Å². The molecule has 248 valence electrons. The molecule has 0 atom stereocenters.